The van der Waals surface area contributed by atoms with Gasteiger partial charge in [0.2, 0.25) is 0 Å². The van der Waals surface area contributed by atoms with E-state index in [9.17, 15) is 0 Å². The molecule has 2 aromatic rings. The van der Waals surface area contributed by atoms with Crippen LogP contribution in [-0.4, -0.2) is 15.0 Å². The minimum absolute atomic E-state index is 0.880. The standard InChI is InChI=1S/C7H4N3/c1-2-8-3-6-4-9-5-10-7(1)6/h1-4H. The van der Waals surface area contributed by atoms with E-state index in [0.29, 0.717) is 0 Å². The first kappa shape index (κ1) is 5.29. The molecular weight excluding hydrogens is 126 g/mol. The topological polar surface area (TPSA) is 38.7 Å². The molecule has 0 saturated carbocycles. The molecule has 0 amide bonds. The van der Waals surface area contributed by atoms with Crippen LogP contribution in [0.4, 0.5) is 0 Å². The van der Waals surface area contributed by atoms with E-state index < -0.39 is 0 Å². The Morgan fingerprint density at radius 2 is 2.30 bits per heavy atom. The molecule has 2 rings (SSSR count). The van der Waals surface area contributed by atoms with Crippen LogP contribution in [0, 0.1) is 6.33 Å². The zero-order chi connectivity index (χ0) is 6.81. The highest BCUT2D eigenvalue weighted by atomic mass is 14.8. The first-order valence-corrected chi connectivity index (χ1v) is 2.89. The van der Waals surface area contributed by atoms with Crippen molar-refractivity contribution < 1.29 is 0 Å². The molecule has 47 valence electrons. The van der Waals surface area contributed by atoms with E-state index in [1.54, 1.807) is 18.6 Å². The maximum absolute atomic E-state index is 3.92. The molecule has 3 nitrogen and oxygen atoms in total. The molecule has 0 atom stereocenters. The van der Waals surface area contributed by atoms with E-state index in [1.807, 2.05) is 6.07 Å². The fourth-order valence-electron chi connectivity index (χ4n) is 0.782. The molecule has 10 heavy (non-hydrogen) atoms. The molecule has 0 unspecified atom stereocenters. The largest absolute Gasteiger partial charge is 0.264 e. The Labute approximate surface area is 57.8 Å². The fourth-order valence-corrected chi connectivity index (χ4v) is 0.782. The lowest BCUT2D eigenvalue weighted by molar-refractivity contribution is 1.19. The van der Waals surface area contributed by atoms with E-state index in [4.69, 9.17) is 0 Å². The smallest absolute Gasteiger partial charge is 0.198 e. The second-order valence-electron chi connectivity index (χ2n) is 1.90. The van der Waals surface area contributed by atoms with Crippen LogP contribution in [0.5, 0.6) is 0 Å². The minimum Gasteiger partial charge on any atom is -0.264 e. The van der Waals surface area contributed by atoms with Gasteiger partial charge in [-0.15, -0.1) is 0 Å². The Morgan fingerprint density at radius 3 is 3.20 bits per heavy atom. The highest BCUT2D eigenvalue weighted by molar-refractivity contribution is 5.75. The molecule has 0 aliphatic carbocycles. The van der Waals surface area contributed by atoms with Gasteiger partial charge in [0, 0.05) is 24.0 Å². The third kappa shape index (κ3) is 0.719. The summed E-state index contributed by atoms with van der Waals surface area (Å²) in [5.74, 6) is 0. The van der Waals surface area contributed by atoms with Crippen LogP contribution < -0.4 is 0 Å². The van der Waals surface area contributed by atoms with Gasteiger partial charge in [-0.2, -0.15) is 0 Å². The molecule has 0 N–H and O–H groups in total. The normalized spacial score (nSPS) is 10.0. The predicted molar refractivity (Wildman–Crippen MR) is 36.2 cm³/mol. The molecule has 0 spiro atoms. The number of hydrogen-bond donors (Lipinski definition) is 0. The van der Waals surface area contributed by atoms with E-state index >= 15 is 0 Å². The molecule has 2 heterocycles. The van der Waals surface area contributed by atoms with Gasteiger partial charge in [0.15, 0.2) is 6.33 Å². The van der Waals surface area contributed by atoms with E-state index in [1.165, 1.54) is 0 Å². The Balaban J connectivity index is 2.89. The van der Waals surface area contributed by atoms with Crippen LogP contribution in [-0.2, 0) is 0 Å². The monoisotopic (exact) mass is 130 g/mol. The Morgan fingerprint density at radius 1 is 1.30 bits per heavy atom. The maximum atomic E-state index is 3.92. The first-order valence-electron chi connectivity index (χ1n) is 2.89. The van der Waals surface area contributed by atoms with Crippen molar-refractivity contribution in [3.8, 4) is 0 Å². The van der Waals surface area contributed by atoms with Gasteiger partial charge in [-0.1, -0.05) is 0 Å². The number of rotatable bonds is 0. The summed E-state index contributed by atoms with van der Waals surface area (Å²) in [6.07, 6.45) is 7.62. The summed E-state index contributed by atoms with van der Waals surface area (Å²) >= 11 is 0. The molecule has 3 heteroatoms. The quantitative estimate of drug-likeness (QED) is 0.530. The molecular formula is C7H4N3. The van der Waals surface area contributed by atoms with Crippen LogP contribution in [0.2, 0.25) is 0 Å². The van der Waals surface area contributed by atoms with Gasteiger partial charge >= 0.3 is 0 Å². The Bertz CT molecular complexity index is 280. The molecule has 0 bridgehead atoms. The second-order valence-corrected chi connectivity index (χ2v) is 1.90. The van der Waals surface area contributed by atoms with Crippen molar-refractivity contribution in [2.45, 2.75) is 0 Å². The number of nitrogens with zero attached hydrogens (tertiary/aromatic N) is 3. The van der Waals surface area contributed by atoms with Gasteiger partial charge in [-0.25, -0.2) is 9.97 Å². The van der Waals surface area contributed by atoms with Gasteiger partial charge in [0.1, 0.15) is 0 Å². The van der Waals surface area contributed by atoms with Gasteiger partial charge in [0.25, 0.3) is 0 Å². The van der Waals surface area contributed by atoms with Crippen LogP contribution >= 0.6 is 0 Å². The minimum atomic E-state index is 0.880. The maximum Gasteiger partial charge on any atom is 0.198 e. The zero-order valence-corrected chi connectivity index (χ0v) is 5.15. The summed E-state index contributed by atoms with van der Waals surface area (Å²) in [4.78, 5) is 11.6. The number of fused-ring (bicyclic) bond motifs is 1. The summed E-state index contributed by atoms with van der Waals surface area (Å²) in [5.41, 5.74) is 0.880. The number of hydrogen-bond acceptors (Lipinski definition) is 3. The Hall–Kier alpha value is -1.51. The van der Waals surface area contributed by atoms with Crippen LogP contribution in [0.25, 0.3) is 10.9 Å². The highest BCUT2D eigenvalue weighted by Gasteiger charge is 1.89. The van der Waals surface area contributed by atoms with Crippen molar-refractivity contribution >= 4 is 10.9 Å². The molecule has 1 radical (unpaired) electrons. The number of pyridine rings is 1. The SMILES string of the molecule is [c]1ncc2cnccc2n1. The van der Waals surface area contributed by atoms with E-state index in [2.05, 4.69) is 21.3 Å². The average Bonchev–Trinajstić information content (AvgIpc) is 2.05. The van der Waals surface area contributed by atoms with E-state index in [-0.39, 0.29) is 0 Å². The molecule has 0 aliphatic heterocycles. The van der Waals surface area contributed by atoms with Crippen molar-refractivity contribution in [1.29, 1.82) is 0 Å². The first-order chi connectivity index (χ1) is 4.97. The third-order valence-electron chi connectivity index (χ3n) is 1.26. The molecule has 2 aromatic heterocycles. The van der Waals surface area contributed by atoms with Crippen molar-refractivity contribution in [3.05, 3.63) is 31.0 Å². The summed E-state index contributed by atoms with van der Waals surface area (Å²) < 4.78 is 0. The predicted octanol–water partition coefficient (Wildman–Crippen LogP) is 0.825. The molecule has 0 aliphatic rings. The summed E-state index contributed by atoms with van der Waals surface area (Å²) in [6.45, 7) is 0. The van der Waals surface area contributed by atoms with Crippen LogP contribution in [0.3, 0.4) is 0 Å². The van der Waals surface area contributed by atoms with Crippen molar-refractivity contribution in [3.63, 3.8) is 0 Å². The summed E-state index contributed by atoms with van der Waals surface area (Å²) in [7, 11) is 0. The molecule has 0 fully saturated rings. The molecule has 0 aromatic carbocycles. The Kier molecular flexibility index (Phi) is 1.07. The van der Waals surface area contributed by atoms with Crippen LogP contribution in [0.1, 0.15) is 0 Å². The lowest BCUT2D eigenvalue weighted by Crippen LogP contribution is -1.80. The van der Waals surface area contributed by atoms with Crippen molar-refractivity contribution in [2.75, 3.05) is 0 Å². The molecule has 0 saturated heterocycles. The van der Waals surface area contributed by atoms with Gasteiger partial charge in [-0.05, 0) is 6.07 Å². The van der Waals surface area contributed by atoms with Crippen molar-refractivity contribution in [2.24, 2.45) is 0 Å². The number of aromatic nitrogens is 3. The zero-order valence-electron chi connectivity index (χ0n) is 5.15. The van der Waals surface area contributed by atoms with Crippen molar-refractivity contribution in [1.82, 2.24) is 15.0 Å². The van der Waals surface area contributed by atoms with Crippen LogP contribution in [0.15, 0.2) is 24.7 Å². The fraction of sp³-hybridized carbons (Fsp3) is 0. The summed E-state index contributed by atoms with van der Waals surface area (Å²) in [6, 6.07) is 1.83. The van der Waals surface area contributed by atoms with Gasteiger partial charge in [0.05, 0.1) is 5.52 Å². The third-order valence-corrected chi connectivity index (χ3v) is 1.26. The summed E-state index contributed by atoms with van der Waals surface area (Å²) in [5, 5.41) is 0.946. The van der Waals surface area contributed by atoms with Gasteiger partial charge in [-0.3, -0.25) is 4.98 Å². The lowest BCUT2D eigenvalue weighted by Gasteiger charge is -1.89. The van der Waals surface area contributed by atoms with Gasteiger partial charge < -0.3 is 0 Å². The van der Waals surface area contributed by atoms with E-state index in [0.717, 1.165) is 10.9 Å². The lowest BCUT2D eigenvalue weighted by atomic mass is 10.3. The highest BCUT2D eigenvalue weighted by Crippen LogP contribution is 2.03. The average molecular weight is 130 g/mol. The second kappa shape index (κ2) is 2.02.